The van der Waals surface area contributed by atoms with Crippen LogP contribution in [0.5, 0.6) is 11.5 Å². The van der Waals surface area contributed by atoms with Crippen molar-refractivity contribution in [3.05, 3.63) is 52.0 Å². The summed E-state index contributed by atoms with van der Waals surface area (Å²) < 4.78 is 11.3. The average molecular weight is 488 g/mol. The molecule has 160 valence electrons. The quantitative estimate of drug-likeness (QED) is 0.495. The van der Waals surface area contributed by atoms with Crippen LogP contribution in [0.15, 0.2) is 40.9 Å². The smallest absolute Gasteiger partial charge is 0.325 e. The molecule has 1 saturated heterocycles. The van der Waals surface area contributed by atoms with Gasteiger partial charge in [0.2, 0.25) is 12.7 Å². The molecular weight excluding hydrogens is 470 g/mol. The first-order valence-corrected chi connectivity index (χ1v) is 10.1. The average Bonchev–Trinajstić information content (AvgIpc) is 3.25. The van der Waals surface area contributed by atoms with Gasteiger partial charge in [0, 0.05) is 16.1 Å². The number of hydrogen-bond acceptors (Lipinski definition) is 6. The third-order valence-corrected chi connectivity index (χ3v) is 5.64. The molecule has 0 radical (unpaired) electrons. The number of urea groups is 1. The van der Waals surface area contributed by atoms with E-state index >= 15 is 0 Å². The molecule has 0 spiro atoms. The molecule has 2 N–H and O–H groups in total. The summed E-state index contributed by atoms with van der Waals surface area (Å²) >= 11 is 3.35. The third-order valence-electron chi connectivity index (χ3n) is 5.14. The van der Waals surface area contributed by atoms with Gasteiger partial charge in [-0.1, -0.05) is 28.1 Å². The molecule has 31 heavy (non-hydrogen) atoms. The van der Waals surface area contributed by atoms with E-state index in [4.69, 9.17) is 9.47 Å². The summed E-state index contributed by atoms with van der Waals surface area (Å²) in [6.07, 6.45) is 0. The Labute approximate surface area is 185 Å². The van der Waals surface area contributed by atoms with E-state index in [1.54, 1.807) is 31.2 Å². The van der Waals surface area contributed by atoms with Gasteiger partial charge in [-0.05, 0) is 37.6 Å². The number of ketones is 1. The monoisotopic (exact) mass is 487 g/mol. The molecule has 2 aromatic carbocycles. The molecule has 0 saturated carbocycles. The SMILES string of the molecule is CC(=O)c1cc2c(cc1NC(=O)CN1C(=O)N[C@@](C)(c3cccc(Br)c3)C1=O)OCO2. The summed E-state index contributed by atoms with van der Waals surface area (Å²) in [6.45, 7) is 2.44. The Morgan fingerprint density at radius 1 is 1.19 bits per heavy atom. The molecule has 2 aromatic rings. The lowest BCUT2D eigenvalue weighted by atomic mass is 9.92. The van der Waals surface area contributed by atoms with E-state index < -0.39 is 29.9 Å². The number of nitrogens with one attached hydrogen (secondary N) is 2. The molecule has 0 aliphatic carbocycles. The minimum atomic E-state index is -1.30. The molecule has 0 aromatic heterocycles. The predicted molar refractivity (Wildman–Crippen MR) is 113 cm³/mol. The van der Waals surface area contributed by atoms with Gasteiger partial charge in [-0.25, -0.2) is 4.79 Å². The number of benzene rings is 2. The number of imide groups is 1. The highest BCUT2D eigenvalue weighted by Gasteiger charge is 2.49. The van der Waals surface area contributed by atoms with Crippen LogP contribution in [0, 0.1) is 0 Å². The molecule has 0 unspecified atom stereocenters. The zero-order valence-electron chi connectivity index (χ0n) is 16.7. The second kappa shape index (κ2) is 7.69. The second-order valence-corrected chi connectivity index (χ2v) is 8.23. The van der Waals surface area contributed by atoms with Crippen LogP contribution in [0.1, 0.15) is 29.8 Å². The summed E-state index contributed by atoms with van der Waals surface area (Å²) in [5, 5.41) is 5.24. The van der Waals surface area contributed by atoms with Crippen molar-refractivity contribution < 1.29 is 28.7 Å². The van der Waals surface area contributed by atoms with E-state index in [1.165, 1.54) is 19.1 Å². The van der Waals surface area contributed by atoms with Gasteiger partial charge < -0.3 is 20.1 Å². The molecule has 4 rings (SSSR count). The molecular formula is C21H18BrN3O6. The highest BCUT2D eigenvalue weighted by Crippen LogP contribution is 2.37. The van der Waals surface area contributed by atoms with Crippen LogP contribution in [-0.2, 0) is 15.1 Å². The maximum atomic E-state index is 13.0. The number of fused-ring (bicyclic) bond motifs is 1. The van der Waals surface area contributed by atoms with Gasteiger partial charge in [-0.15, -0.1) is 0 Å². The van der Waals surface area contributed by atoms with Crippen molar-refractivity contribution in [2.45, 2.75) is 19.4 Å². The molecule has 2 aliphatic heterocycles. The minimum absolute atomic E-state index is 0.0146. The van der Waals surface area contributed by atoms with Gasteiger partial charge in [0.15, 0.2) is 17.3 Å². The number of carbonyl (C=O) groups is 4. The molecule has 0 bridgehead atoms. The largest absolute Gasteiger partial charge is 0.454 e. The standard InChI is InChI=1S/C21H18BrN3O6/c1-11(26)14-7-16-17(31-10-30-16)8-15(14)23-18(27)9-25-19(28)21(2,24-20(25)29)12-4-3-5-13(22)6-12/h3-8H,9-10H2,1-2H3,(H,23,27)(H,24,29)/t21-/m0/s1. The normalized spacial score (nSPS) is 19.4. The third kappa shape index (κ3) is 3.74. The fourth-order valence-electron chi connectivity index (χ4n) is 3.51. The number of nitrogens with zero attached hydrogens (tertiary/aromatic N) is 1. The van der Waals surface area contributed by atoms with Crippen molar-refractivity contribution in [3.8, 4) is 11.5 Å². The van der Waals surface area contributed by atoms with E-state index in [2.05, 4.69) is 26.6 Å². The van der Waals surface area contributed by atoms with Gasteiger partial charge in [-0.2, -0.15) is 0 Å². The second-order valence-electron chi connectivity index (χ2n) is 7.31. The number of amides is 4. The van der Waals surface area contributed by atoms with E-state index in [9.17, 15) is 19.2 Å². The van der Waals surface area contributed by atoms with Crippen molar-refractivity contribution in [2.75, 3.05) is 18.7 Å². The summed E-state index contributed by atoms with van der Waals surface area (Å²) in [6, 6.07) is 9.29. The zero-order valence-corrected chi connectivity index (χ0v) is 18.2. The van der Waals surface area contributed by atoms with Crippen LogP contribution in [0.2, 0.25) is 0 Å². The number of rotatable bonds is 5. The molecule has 1 fully saturated rings. The lowest BCUT2D eigenvalue weighted by Gasteiger charge is -2.22. The van der Waals surface area contributed by atoms with Gasteiger partial charge in [0.05, 0.1) is 5.69 Å². The summed E-state index contributed by atoms with van der Waals surface area (Å²) in [4.78, 5) is 51.0. The number of carbonyl (C=O) groups excluding carboxylic acids is 4. The molecule has 1 atom stereocenters. The van der Waals surface area contributed by atoms with Crippen molar-refractivity contribution >= 4 is 45.2 Å². The van der Waals surface area contributed by atoms with Crippen LogP contribution in [0.25, 0.3) is 0 Å². The molecule has 10 heteroatoms. The predicted octanol–water partition coefficient (Wildman–Crippen LogP) is 2.79. The van der Waals surface area contributed by atoms with Gasteiger partial charge in [-0.3, -0.25) is 19.3 Å². The highest BCUT2D eigenvalue weighted by molar-refractivity contribution is 9.10. The Kier molecular flexibility index (Phi) is 5.18. The van der Waals surface area contributed by atoms with E-state index in [1.807, 2.05) is 0 Å². The van der Waals surface area contributed by atoms with E-state index in [0.717, 1.165) is 9.37 Å². The van der Waals surface area contributed by atoms with E-state index in [0.29, 0.717) is 17.1 Å². The molecule has 2 aliphatic rings. The van der Waals surface area contributed by atoms with Crippen molar-refractivity contribution in [1.82, 2.24) is 10.2 Å². The number of ether oxygens (including phenoxy) is 2. The summed E-state index contributed by atoms with van der Waals surface area (Å²) in [5.74, 6) is -0.683. The topological polar surface area (TPSA) is 114 Å². The first-order chi connectivity index (χ1) is 14.7. The van der Waals surface area contributed by atoms with Gasteiger partial charge in [0.1, 0.15) is 12.1 Å². The van der Waals surface area contributed by atoms with Crippen LogP contribution in [-0.4, -0.2) is 41.9 Å². The van der Waals surface area contributed by atoms with Gasteiger partial charge >= 0.3 is 6.03 Å². The Morgan fingerprint density at radius 3 is 2.58 bits per heavy atom. The Bertz CT molecular complexity index is 1130. The first kappa shape index (κ1) is 20.9. The molecule has 4 amide bonds. The Hall–Kier alpha value is -3.40. The number of anilines is 1. The van der Waals surface area contributed by atoms with Crippen LogP contribution in [0.3, 0.4) is 0 Å². The highest BCUT2D eigenvalue weighted by atomic mass is 79.9. The minimum Gasteiger partial charge on any atom is -0.454 e. The lowest BCUT2D eigenvalue weighted by molar-refractivity contribution is -0.133. The maximum absolute atomic E-state index is 13.0. The number of halogens is 1. The summed E-state index contributed by atoms with van der Waals surface area (Å²) in [5.41, 5.74) is -0.278. The fourth-order valence-corrected chi connectivity index (χ4v) is 3.90. The number of hydrogen-bond donors (Lipinski definition) is 2. The Balaban J connectivity index is 1.54. The first-order valence-electron chi connectivity index (χ1n) is 9.33. The maximum Gasteiger partial charge on any atom is 0.325 e. The van der Waals surface area contributed by atoms with Crippen molar-refractivity contribution in [3.63, 3.8) is 0 Å². The van der Waals surface area contributed by atoms with Crippen LogP contribution in [0.4, 0.5) is 10.5 Å². The van der Waals surface area contributed by atoms with Crippen molar-refractivity contribution in [1.29, 1.82) is 0 Å². The fraction of sp³-hybridized carbons (Fsp3) is 0.238. The van der Waals surface area contributed by atoms with Crippen LogP contribution < -0.4 is 20.1 Å². The molecule has 9 nitrogen and oxygen atoms in total. The number of Topliss-reactive ketones (excluding diaryl/α,β-unsaturated/α-hetero) is 1. The van der Waals surface area contributed by atoms with E-state index in [-0.39, 0.29) is 23.8 Å². The van der Waals surface area contributed by atoms with Crippen LogP contribution >= 0.6 is 15.9 Å². The Morgan fingerprint density at radius 2 is 1.90 bits per heavy atom. The molecule has 2 heterocycles. The van der Waals surface area contributed by atoms with Gasteiger partial charge in [0.25, 0.3) is 5.91 Å². The van der Waals surface area contributed by atoms with Crippen molar-refractivity contribution in [2.24, 2.45) is 0 Å². The zero-order chi connectivity index (χ0) is 22.3. The lowest BCUT2D eigenvalue weighted by Crippen LogP contribution is -2.42. The summed E-state index contributed by atoms with van der Waals surface area (Å²) in [7, 11) is 0.